The normalized spacial score (nSPS) is 18.8. The number of benzene rings is 1. The van der Waals surface area contributed by atoms with Crippen LogP contribution < -0.4 is 15.4 Å². The van der Waals surface area contributed by atoms with Gasteiger partial charge in [-0.1, -0.05) is 6.42 Å². The Kier molecular flexibility index (Phi) is 5.30. The van der Waals surface area contributed by atoms with Gasteiger partial charge in [0.15, 0.2) is 5.82 Å². The van der Waals surface area contributed by atoms with E-state index in [1.165, 1.54) is 24.3 Å². The van der Waals surface area contributed by atoms with E-state index in [0.29, 0.717) is 17.1 Å². The van der Waals surface area contributed by atoms with E-state index in [4.69, 9.17) is 0 Å². The number of amides is 2. The van der Waals surface area contributed by atoms with Gasteiger partial charge < -0.3 is 10.1 Å². The largest absolute Gasteiger partial charge is 0.573 e. The van der Waals surface area contributed by atoms with Crippen molar-refractivity contribution in [2.45, 2.75) is 56.3 Å². The van der Waals surface area contributed by atoms with Crippen LogP contribution in [-0.2, 0) is 7.05 Å². The highest BCUT2D eigenvalue weighted by Gasteiger charge is 2.46. The van der Waals surface area contributed by atoms with Crippen LogP contribution in [-0.4, -0.2) is 34.1 Å². The molecule has 2 aliphatic rings. The summed E-state index contributed by atoms with van der Waals surface area (Å²) in [5.41, 5.74) is 2.08. The molecule has 2 saturated carbocycles. The number of anilines is 1. The fourth-order valence-corrected chi connectivity index (χ4v) is 3.97. The number of rotatable bonds is 5. The third-order valence-corrected chi connectivity index (χ3v) is 5.62. The number of nitrogens with one attached hydrogen (secondary N) is 2. The van der Waals surface area contributed by atoms with E-state index in [2.05, 4.69) is 20.5 Å². The lowest BCUT2D eigenvalue weighted by Gasteiger charge is -2.35. The molecule has 1 aromatic heterocycles. The van der Waals surface area contributed by atoms with Crippen molar-refractivity contribution in [3.05, 3.63) is 29.8 Å². The molecular formula is C20H21F5N4O2. The Morgan fingerprint density at radius 3 is 2.35 bits per heavy atom. The fourth-order valence-electron chi connectivity index (χ4n) is 3.97. The van der Waals surface area contributed by atoms with Crippen molar-refractivity contribution in [2.75, 3.05) is 5.32 Å². The molecule has 11 heteroatoms. The predicted molar refractivity (Wildman–Crippen MR) is 102 cm³/mol. The maximum atomic E-state index is 13.0. The first kappa shape index (κ1) is 21.4. The van der Waals surface area contributed by atoms with E-state index in [0.717, 1.165) is 24.8 Å². The Hall–Kier alpha value is -2.85. The molecule has 0 radical (unpaired) electrons. The molecule has 2 N–H and O–H groups in total. The summed E-state index contributed by atoms with van der Waals surface area (Å²) in [4.78, 5) is 12.3. The molecule has 31 heavy (non-hydrogen) atoms. The highest BCUT2D eigenvalue weighted by atomic mass is 19.4. The Bertz CT molecular complexity index is 959. The van der Waals surface area contributed by atoms with E-state index in [1.807, 2.05) is 0 Å². The van der Waals surface area contributed by atoms with Crippen LogP contribution in [0.15, 0.2) is 24.3 Å². The third kappa shape index (κ3) is 4.75. The molecule has 168 valence electrons. The van der Waals surface area contributed by atoms with E-state index >= 15 is 0 Å². The molecular weight excluding hydrogens is 423 g/mol. The Morgan fingerprint density at radius 2 is 1.84 bits per heavy atom. The van der Waals surface area contributed by atoms with Gasteiger partial charge in [0.05, 0.1) is 5.69 Å². The highest BCUT2D eigenvalue weighted by Crippen LogP contribution is 2.45. The van der Waals surface area contributed by atoms with Gasteiger partial charge in [0.25, 0.3) is 5.92 Å². The smallest absolute Gasteiger partial charge is 0.406 e. The second kappa shape index (κ2) is 7.69. The van der Waals surface area contributed by atoms with Crippen molar-refractivity contribution in [3.63, 3.8) is 0 Å². The van der Waals surface area contributed by atoms with Crippen LogP contribution in [0.4, 0.5) is 32.6 Å². The average molecular weight is 444 g/mol. The van der Waals surface area contributed by atoms with Gasteiger partial charge in [0, 0.05) is 37.1 Å². The van der Waals surface area contributed by atoms with Crippen LogP contribution in [0.5, 0.6) is 5.75 Å². The number of halogens is 5. The topological polar surface area (TPSA) is 68.2 Å². The van der Waals surface area contributed by atoms with Crippen molar-refractivity contribution in [1.82, 2.24) is 15.1 Å². The van der Waals surface area contributed by atoms with Gasteiger partial charge in [-0.15, -0.1) is 13.2 Å². The van der Waals surface area contributed by atoms with Crippen molar-refractivity contribution in [1.29, 1.82) is 0 Å². The Balaban J connectivity index is 1.56. The average Bonchev–Trinajstić information content (AvgIpc) is 2.87. The van der Waals surface area contributed by atoms with Gasteiger partial charge in [-0.25, -0.2) is 13.6 Å². The van der Waals surface area contributed by atoms with Crippen LogP contribution in [0.2, 0.25) is 0 Å². The fraction of sp³-hybridized carbons (Fsp3) is 0.500. The number of nitrogens with zero attached hydrogens (tertiary/aromatic N) is 2. The summed E-state index contributed by atoms with van der Waals surface area (Å²) in [6.07, 6.45) is -2.77. The number of carbonyl (C=O) groups excluding carboxylic acids is 1. The molecule has 0 saturated heterocycles. The first-order valence-electron chi connectivity index (χ1n) is 9.89. The standard InChI is InChI=1S/C20H21F5N4O2/c1-29-16(12-5-7-14(8-6-12)31-20(23,24)25)15(11-3-2-4-11)17(28-29)27-18(30)26-13-9-19(21,22)10-13/h5-8,11,13H,2-4,9-10H2,1H3,(H2,26,27,28,30). The lowest BCUT2D eigenvalue weighted by atomic mass is 9.79. The zero-order valence-electron chi connectivity index (χ0n) is 16.6. The van der Waals surface area contributed by atoms with Gasteiger partial charge in [0.1, 0.15) is 5.75 Å². The molecule has 4 rings (SSSR count). The molecule has 2 amide bonds. The third-order valence-electron chi connectivity index (χ3n) is 5.62. The highest BCUT2D eigenvalue weighted by molar-refractivity contribution is 5.91. The number of aromatic nitrogens is 2. The first-order chi connectivity index (χ1) is 14.5. The maximum absolute atomic E-state index is 13.0. The molecule has 1 heterocycles. The van der Waals surface area contributed by atoms with E-state index in [-0.39, 0.29) is 11.7 Å². The minimum atomic E-state index is -4.78. The summed E-state index contributed by atoms with van der Waals surface area (Å²) < 4.78 is 68.7. The summed E-state index contributed by atoms with van der Waals surface area (Å²) in [6.45, 7) is 0. The van der Waals surface area contributed by atoms with Gasteiger partial charge in [-0.2, -0.15) is 5.10 Å². The van der Waals surface area contributed by atoms with Crippen LogP contribution in [0.3, 0.4) is 0 Å². The lowest BCUT2D eigenvalue weighted by Crippen LogP contribution is -2.51. The quantitative estimate of drug-likeness (QED) is 0.625. The van der Waals surface area contributed by atoms with Gasteiger partial charge in [0.2, 0.25) is 0 Å². The monoisotopic (exact) mass is 444 g/mol. The number of hydrogen-bond acceptors (Lipinski definition) is 3. The summed E-state index contributed by atoms with van der Waals surface area (Å²) in [6, 6.07) is 4.24. The summed E-state index contributed by atoms with van der Waals surface area (Å²) in [5.74, 6) is -2.62. The number of urea groups is 1. The maximum Gasteiger partial charge on any atom is 0.573 e. The van der Waals surface area contributed by atoms with E-state index in [9.17, 15) is 26.7 Å². The van der Waals surface area contributed by atoms with Crippen LogP contribution >= 0.6 is 0 Å². The molecule has 0 atom stereocenters. The molecule has 2 fully saturated rings. The van der Waals surface area contributed by atoms with Gasteiger partial charge in [-0.05, 0) is 43.0 Å². The minimum Gasteiger partial charge on any atom is -0.406 e. The molecule has 0 spiro atoms. The SMILES string of the molecule is Cn1nc(NC(=O)NC2CC(F)(F)C2)c(C2CCC2)c1-c1ccc(OC(F)(F)F)cc1. The van der Waals surface area contributed by atoms with Crippen molar-refractivity contribution in [3.8, 4) is 17.0 Å². The number of carbonyl (C=O) groups is 1. The zero-order valence-corrected chi connectivity index (χ0v) is 16.6. The lowest BCUT2D eigenvalue weighted by molar-refractivity contribution is -0.274. The second-order valence-electron chi connectivity index (χ2n) is 7.99. The molecule has 0 unspecified atom stereocenters. The molecule has 0 aliphatic heterocycles. The number of hydrogen-bond donors (Lipinski definition) is 2. The first-order valence-corrected chi connectivity index (χ1v) is 9.89. The van der Waals surface area contributed by atoms with Crippen LogP contribution in [0.1, 0.15) is 43.6 Å². The Morgan fingerprint density at radius 1 is 1.19 bits per heavy atom. The van der Waals surface area contributed by atoms with E-state index in [1.54, 1.807) is 11.7 Å². The molecule has 6 nitrogen and oxygen atoms in total. The predicted octanol–water partition coefficient (Wildman–Crippen LogP) is 5.17. The minimum absolute atomic E-state index is 0.137. The molecule has 1 aromatic carbocycles. The number of alkyl halides is 5. The zero-order chi connectivity index (χ0) is 22.4. The van der Waals surface area contributed by atoms with Gasteiger partial charge >= 0.3 is 12.4 Å². The van der Waals surface area contributed by atoms with Gasteiger partial charge in [-0.3, -0.25) is 10.00 Å². The second-order valence-corrected chi connectivity index (χ2v) is 7.99. The number of aryl methyl sites for hydroxylation is 1. The summed E-state index contributed by atoms with van der Waals surface area (Å²) >= 11 is 0. The number of ether oxygens (including phenoxy) is 1. The summed E-state index contributed by atoms with van der Waals surface area (Å²) in [7, 11) is 1.67. The van der Waals surface area contributed by atoms with Crippen LogP contribution in [0, 0.1) is 0 Å². The van der Waals surface area contributed by atoms with E-state index < -0.39 is 37.2 Å². The molecule has 2 aliphatic carbocycles. The van der Waals surface area contributed by atoms with Crippen LogP contribution in [0.25, 0.3) is 11.3 Å². The van der Waals surface area contributed by atoms with Crippen molar-refractivity contribution in [2.24, 2.45) is 7.05 Å². The van der Waals surface area contributed by atoms with Crippen molar-refractivity contribution >= 4 is 11.8 Å². The van der Waals surface area contributed by atoms with Crippen molar-refractivity contribution < 1.29 is 31.5 Å². The molecule has 0 bridgehead atoms. The summed E-state index contributed by atoms with van der Waals surface area (Å²) in [5, 5.41) is 9.55. The molecule has 2 aromatic rings. The Labute approximate surface area is 174 Å².